The number of hydrogen-bond acceptors (Lipinski definition) is 5. The van der Waals surface area contributed by atoms with Crippen LogP contribution in [0.3, 0.4) is 0 Å². The van der Waals surface area contributed by atoms with Crippen LogP contribution in [0.5, 0.6) is 16.6 Å². The van der Waals surface area contributed by atoms with Crippen molar-refractivity contribution < 1.29 is 19.4 Å². The van der Waals surface area contributed by atoms with Gasteiger partial charge < -0.3 is 14.6 Å². The Balaban J connectivity index is 1.71. The highest BCUT2D eigenvalue weighted by atomic mass is 32.1. The Morgan fingerprint density at radius 1 is 1.00 bits per heavy atom. The van der Waals surface area contributed by atoms with Gasteiger partial charge in [-0.05, 0) is 60.9 Å². The molecule has 5 heteroatoms. The van der Waals surface area contributed by atoms with Crippen LogP contribution in [0.4, 0.5) is 0 Å². The molecule has 1 aromatic heterocycles. The van der Waals surface area contributed by atoms with Crippen molar-refractivity contribution >= 4 is 27.9 Å². The van der Waals surface area contributed by atoms with Crippen LogP contribution >= 0.6 is 11.3 Å². The molecule has 4 rings (SSSR count). The molecule has 1 N–H and O–H groups in total. The zero-order valence-electron chi connectivity index (χ0n) is 16.4. The quantitative estimate of drug-likeness (QED) is 0.272. The predicted octanol–water partition coefficient (Wildman–Crippen LogP) is 6.60. The summed E-state index contributed by atoms with van der Waals surface area (Å²) in [5.41, 5.74) is 4.31. The maximum absolute atomic E-state index is 10.2. The van der Waals surface area contributed by atoms with Crippen molar-refractivity contribution in [2.24, 2.45) is 0 Å². The summed E-state index contributed by atoms with van der Waals surface area (Å²) >= 11 is 1.51. The van der Waals surface area contributed by atoms with Gasteiger partial charge in [0.1, 0.15) is 11.5 Å². The van der Waals surface area contributed by atoms with E-state index in [0.29, 0.717) is 12.9 Å². The van der Waals surface area contributed by atoms with Crippen LogP contribution in [0, 0.1) is 6.92 Å². The third kappa shape index (κ3) is 4.36. The van der Waals surface area contributed by atoms with Gasteiger partial charge in [0.05, 0.1) is 6.26 Å². The van der Waals surface area contributed by atoms with Gasteiger partial charge in [-0.15, -0.1) is 0 Å². The molecule has 0 aliphatic rings. The Hall–Kier alpha value is -3.57. The first-order valence-corrected chi connectivity index (χ1v) is 10.3. The second-order valence-corrected chi connectivity index (χ2v) is 7.88. The number of aromatic hydroxyl groups is 1. The smallest absolute Gasteiger partial charge is 0.297 e. The maximum Gasteiger partial charge on any atom is 0.297 e. The molecule has 0 atom stereocenters. The van der Waals surface area contributed by atoms with Crippen LogP contribution in [0.25, 0.3) is 21.2 Å². The van der Waals surface area contributed by atoms with Gasteiger partial charge in [0.15, 0.2) is 5.06 Å². The number of thiophene rings is 1. The Labute approximate surface area is 178 Å². The molecule has 1 heterocycles. The van der Waals surface area contributed by atoms with Gasteiger partial charge in [-0.3, -0.25) is 4.79 Å². The number of rotatable bonds is 7. The molecule has 0 saturated carbocycles. The standard InChI is InChI=1S/C25H20O4S/c1-17-4-11-21(12-5-17)29-25-24(22-13-10-20(27)15-23(22)30-25)19-8-6-18(7-9-19)3-2-14-28-16-26/h2,4-16,27H,3H2,1H3/b14-2+. The molecule has 0 radical (unpaired) electrons. The summed E-state index contributed by atoms with van der Waals surface area (Å²) in [6, 6.07) is 21.5. The molecule has 150 valence electrons. The van der Waals surface area contributed by atoms with Gasteiger partial charge in [0.25, 0.3) is 6.47 Å². The predicted molar refractivity (Wildman–Crippen MR) is 120 cm³/mol. The molecule has 0 amide bonds. The first kappa shape index (κ1) is 19.7. The number of carbonyl (C=O) groups is 1. The molecule has 3 aromatic carbocycles. The first-order valence-electron chi connectivity index (χ1n) is 9.47. The monoisotopic (exact) mass is 416 g/mol. The van der Waals surface area contributed by atoms with E-state index in [0.717, 1.165) is 37.6 Å². The lowest BCUT2D eigenvalue weighted by Gasteiger charge is -2.08. The van der Waals surface area contributed by atoms with E-state index in [9.17, 15) is 9.90 Å². The van der Waals surface area contributed by atoms with Crippen LogP contribution < -0.4 is 4.74 Å². The number of phenolic OH excluding ortho intramolecular Hbond substituents is 1. The van der Waals surface area contributed by atoms with Crippen LogP contribution in [0.2, 0.25) is 0 Å². The summed E-state index contributed by atoms with van der Waals surface area (Å²) in [5, 5.41) is 11.7. The Morgan fingerprint density at radius 2 is 1.77 bits per heavy atom. The molecular weight excluding hydrogens is 396 g/mol. The maximum atomic E-state index is 10.2. The third-order valence-corrected chi connectivity index (χ3v) is 5.73. The van der Waals surface area contributed by atoms with E-state index in [2.05, 4.69) is 16.9 Å². The number of allylic oxidation sites excluding steroid dienone is 1. The van der Waals surface area contributed by atoms with Crippen molar-refractivity contribution in [2.45, 2.75) is 13.3 Å². The van der Waals surface area contributed by atoms with Gasteiger partial charge in [0.2, 0.25) is 0 Å². The molecule has 0 aliphatic carbocycles. The molecule has 4 nitrogen and oxygen atoms in total. The van der Waals surface area contributed by atoms with E-state index in [1.165, 1.54) is 23.2 Å². The van der Waals surface area contributed by atoms with Gasteiger partial charge in [-0.1, -0.05) is 53.3 Å². The molecular formula is C25H20O4S. The van der Waals surface area contributed by atoms with E-state index < -0.39 is 0 Å². The van der Waals surface area contributed by atoms with E-state index >= 15 is 0 Å². The topological polar surface area (TPSA) is 55.8 Å². The van der Waals surface area contributed by atoms with Crippen LogP contribution in [0.1, 0.15) is 11.1 Å². The molecule has 0 fully saturated rings. The number of ether oxygens (including phenoxy) is 2. The zero-order valence-corrected chi connectivity index (χ0v) is 17.2. The number of fused-ring (bicyclic) bond motifs is 1. The molecule has 0 bridgehead atoms. The van der Waals surface area contributed by atoms with Crippen molar-refractivity contribution in [1.29, 1.82) is 0 Å². The van der Waals surface area contributed by atoms with Crippen LogP contribution in [0.15, 0.2) is 79.1 Å². The Bertz CT molecular complexity index is 1190. The number of phenols is 1. The number of aryl methyl sites for hydroxylation is 1. The molecule has 0 spiro atoms. The summed E-state index contributed by atoms with van der Waals surface area (Å²) in [4.78, 5) is 10.2. The van der Waals surface area contributed by atoms with Crippen molar-refractivity contribution in [3.63, 3.8) is 0 Å². The first-order chi connectivity index (χ1) is 14.6. The highest BCUT2D eigenvalue weighted by molar-refractivity contribution is 7.21. The lowest BCUT2D eigenvalue weighted by atomic mass is 10.0. The molecule has 0 unspecified atom stereocenters. The fraction of sp³-hybridized carbons (Fsp3) is 0.0800. The van der Waals surface area contributed by atoms with Crippen LogP contribution in [-0.4, -0.2) is 11.6 Å². The minimum Gasteiger partial charge on any atom is -0.508 e. The summed E-state index contributed by atoms with van der Waals surface area (Å²) in [5.74, 6) is 1.01. The van der Waals surface area contributed by atoms with E-state index in [1.54, 1.807) is 18.2 Å². The normalized spacial score (nSPS) is 11.1. The van der Waals surface area contributed by atoms with Crippen molar-refractivity contribution in [2.75, 3.05) is 0 Å². The lowest BCUT2D eigenvalue weighted by molar-refractivity contribution is -0.123. The molecule has 0 aliphatic heterocycles. The SMILES string of the molecule is Cc1ccc(Oc2sc3cc(O)ccc3c2-c2ccc(C/C=C/OC=O)cc2)cc1. The lowest BCUT2D eigenvalue weighted by Crippen LogP contribution is -1.86. The number of carbonyl (C=O) groups excluding carboxylic acids is 1. The minimum absolute atomic E-state index is 0.233. The third-order valence-electron chi connectivity index (χ3n) is 4.70. The van der Waals surface area contributed by atoms with E-state index in [4.69, 9.17) is 4.74 Å². The average molecular weight is 416 g/mol. The highest BCUT2D eigenvalue weighted by Gasteiger charge is 2.17. The van der Waals surface area contributed by atoms with E-state index in [1.807, 2.05) is 49.4 Å². The largest absolute Gasteiger partial charge is 0.508 e. The number of hydrogen-bond donors (Lipinski definition) is 1. The van der Waals surface area contributed by atoms with Gasteiger partial charge >= 0.3 is 0 Å². The summed E-state index contributed by atoms with van der Waals surface area (Å²) < 4.78 is 11.8. The van der Waals surface area contributed by atoms with E-state index in [-0.39, 0.29) is 5.75 Å². The van der Waals surface area contributed by atoms with Crippen LogP contribution in [-0.2, 0) is 16.0 Å². The van der Waals surface area contributed by atoms with Crippen molar-refractivity contribution in [1.82, 2.24) is 0 Å². The van der Waals surface area contributed by atoms with Crippen molar-refractivity contribution in [3.8, 4) is 27.7 Å². The highest BCUT2D eigenvalue weighted by Crippen LogP contribution is 2.47. The Morgan fingerprint density at radius 3 is 2.50 bits per heavy atom. The summed E-state index contributed by atoms with van der Waals surface area (Å²) in [6.45, 7) is 2.44. The summed E-state index contributed by atoms with van der Waals surface area (Å²) in [7, 11) is 0. The summed E-state index contributed by atoms with van der Waals surface area (Å²) in [6.07, 6.45) is 3.84. The second kappa shape index (κ2) is 8.84. The molecule has 30 heavy (non-hydrogen) atoms. The fourth-order valence-corrected chi connectivity index (χ4v) is 4.33. The zero-order chi connectivity index (χ0) is 20.9. The average Bonchev–Trinajstić information content (AvgIpc) is 3.10. The molecule has 0 saturated heterocycles. The van der Waals surface area contributed by atoms with Gasteiger partial charge in [-0.2, -0.15) is 0 Å². The minimum atomic E-state index is 0.233. The number of benzene rings is 3. The van der Waals surface area contributed by atoms with Crippen molar-refractivity contribution in [3.05, 3.63) is 90.2 Å². The van der Waals surface area contributed by atoms with Gasteiger partial charge in [0, 0.05) is 15.6 Å². The Kier molecular flexibility index (Phi) is 5.82. The molecule has 4 aromatic rings. The fourth-order valence-electron chi connectivity index (χ4n) is 3.20. The second-order valence-electron chi connectivity index (χ2n) is 6.87. The van der Waals surface area contributed by atoms with Gasteiger partial charge in [-0.25, -0.2) is 0 Å².